The minimum Gasteiger partial charge on any atom is -0.387 e. The van der Waals surface area contributed by atoms with Crippen LogP contribution in [-0.2, 0) is 0 Å². The third-order valence-corrected chi connectivity index (χ3v) is 4.75. The molecule has 1 aliphatic rings. The molecule has 2 atom stereocenters. The number of halogens is 2. The van der Waals surface area contributed by atoms with E-state index < -0.39 is 6.10 Å². The van der Waals surface area contributed by atoms with Crippen LogP contribution in [-0.4, -0.2) is 42.2 Å². The molecule has 146 valence electrons. The van der Waals surface area contributed by atoms with Gasteiger partial charge in [0.05, 0.1) is 6.10 Å². The fourth-order valence-electron chi connectivity index (χ4n) is 3.49. The molecule has 1 aromatic rings. The van der Waals surface area contributed by atoms with Crippen molar-refractivity contribution in [3.8, 4) is 0 Å². The van der Waals surface area contributed by atoms with Crippen molar-refractivity contribution in [3.63, 3.8) is 0 Å². The van der Waals surface area contributed by atoms with Crippen LogP contribution in [0.2, 0.25) is 0 Å². The minimum absolute atomic E-state index is 0. The van der Waals surface area contributed by atoms with Crippen molar-refractivity contribution >= 4 is 24.8 Å². The number of nitrogens with zero attached hydrogens (tertiary/aromatic N) is 1. The molecule has 1 heterocycles. The Morgan fingerprint density at radius 3 is 2.28 bits per heavy atom. The third-order valence-electron chi connectivity index (χ3n) is 4.75. The Hall–Kier alpha value is -0.320. The Bertz CT molecular complexity index is 425. The largest absolute Gasteiger partial charge is 0.387 e. The number of piperidine rings is 1. The lowest BCUT2D eigenvalue weighted by atomic mass is 9.94. The van der Waals surface area contributed by atoms with Crippen LogP contribution < -0.4 is 5.32 Å². The van der Waals surface area contributed by atoms with E-state index in [4.69, 9.17) is 0 Å². The molecule has 0 spiro atoms. The van der Waals surface area contributed by atoms with Crippen LogP contribution in [0, 0.1) is 5.92 Å². The molecule has 0 radical (unpaired) electrons. The summed E-state index contributed by atoms with van der Waals surface area (Å²) >= 11 is 0. The molecule has 0 aliphatic carbocycles. The molecule has 1 saturated heterocycles. The molecule has 0 saturated carbocycles. The SMILES string of the molecule is CC(C)C[C@H](NCCCN1CCCCC1)[C@H](O)c1ccccc1.Cl.Cl. The Kier molecular flexibility index (Phi) is 13.7. The first-order valence-electron chi connectivity index (χ1n) is 9.35. The number of hydrogen-bond acceptors (Lipinski definition) is 3. The van der Waals surface area contributed by atoms with Gasteiger partial charge in [-0.1, -0.05) is 50.6 Å². The van der Waals surface area contributed by atoms with E-state index in [0.29, 0.717) is 5.92 Å². The second-order valence-electron chi connectivity index (χ2n) is 7.30. The lowest BCUT2D eigenvalue weighted by molar-refractivity contribution is 0.115. The number of benzene rings is 1. The fourth-order valence-corrected chi connectivity index (χ4v) is 3.49. The van der Waals surface area contributed by atoms with Gasteiger partial charge in [0.1, 0.15) is 0 Å². The Morgan fingerprint density at radius 2 is 1.68 bits per heavy atom. The van der Waals surface area contributed by atoms with Crippen LogP contribution >= 0.6 is 24.8 Å². The van der Waals surface area contributed by atoms with Crippen molar-refractivity contribution < 1.29 is 5.11 Å². The maximum absolute atomic E-state index is 10.7. The van der Waals surface area contributed by atoms with E-state index >= 15 is 0 Å². The molecule has 0 unspecified atom stereocenters. The van der Waals surface area contributed by atoms with Gasteiger partial charge in [0.15, 0.2) is 0 Å². The molecule has 0 bridgehead atoms. The Balaban J connectivity index is 0.00000288. The van der Waals surface area contributed by atoms with E-state index in [9.17, 15) is 5.11 Å². The van der Waals surface area contributed by atoms with E-state index in [1.165, 1.54) is 38.9 Å². The van der Waals surface area contributed by atoms with Crippen LogP contribution in [0.1, 0.15) is 57.6 Å². The summed E-state index contributed by atoms with van der Waals surface area (Å²) in [4.78, 5) is 2.58. The summed E-state index contributed by atoms with van der Waals surface area (Å²) in [5.41, 5.74) is 1.02. The molecular weight excluding hydrogens is 355 g/mol. The number of rotatable bonds is 9. The van der Waals surface area contributed by atoms with Crippen molar-refractivity contribution in [2.45, 2.75) is 58.1 Å². The fraction of sp³-hybridized carbons (Fsp3) is 0.700. The highest BCUT2D eigenvalue weighted by Crippen LogP contribution is 2.21. The van der Waals surface area contributed by atoms with Crippen LogP contribution in [0.3, 0.4) is 0 Å². The number of hydrogen-bond donors (Lipinski definition) is 2. The average molecular weight is 391 g/mol. The van der Waals surface area contributed by atoms with Crippen LogP contribution in [0.15, 0.2) is 30.3 Å². The van der Waals surface area contributed by atoms with E-state index in [1.807, 2.05) is 30.3 Å². The molecule has 0 amide bonds. The third kappa shape index (κ3) is 9.25. The average Bonchev–Trinajstić information content (AvgIpc) is 2.58. The number of nitrogens with one attached hydrogen (secondary N) is 1. The molecular formula is C20H36Cl2N2O. The second kappa shape index (κ2) is 13.8. The van der Waals surface area contributed by atoms with Crippen molar-refractivity contribution in [1.29, 1.82) is 0 Å². The van der Waals surface area contributed by atoms with Crippen molar-refractivity contribution in [3.05, 3.63) is 35.9 Å². The van der Waals surface area contributed by atoms with Gasteiger partial charge in [-0.15, -0.1) is 24.8 Å². The first-order valence-corrected chi connectivity index (χ1v) is 9.35. The summed E-state index contributed by atoms with van der Waals surface area (Å²) in [6.07, 6.45) is 5.85. The van der Waals surface area contributed by atoms with Crippen molar-refractivity contribution in [2.75, 3.05) is 26.2 Å². The lowest BCUT2D eigenvalue weighted by Crippen LogP contribution is -2.38. The number of aliphatic hydroxyl groups is 1. The van der Waals surface area contributed by atoms with Gasteiger partial charge in [-0.05, 0) is 63.3 Å². The zero-order valence-electron chi connectivity index (χ0n) is 15.7. The first kappa shape index (κ1) is 24.7. The van der Waals surface area contributed by atoms with Gasteiger partial charge in [0.25, 0.3) is 0 Å². The maximum atomic E-state index is 10.7. The highest BCUT2D eigenvalue weighted by molar-refractivity contribution is 5.85. The van der Waals surface area contributed by atoms with Gasteiger partial charge >= 0.3 is 0 Å². The Labute approximate surface area is 166 Å². The molecule has 25 heavy (non-hydrogen) atoms. The zero-order valence-corrected chi connectivity index (χ0v) is 17.3. The van der Waals surface area contributed by atoms with Gasteiger partial charge in [-0.2, -0.15) is 0 Å². The summed E-state index contributed by atoms with van der Waals surface area (Å²) in [6, 6.07) is 10.2. The summed E-state index contributed by atoms with van der Waals surface area (Å²) < 4.78 is 0. The van der Waals surface area contributed by atoms with Gasteiger partial charge in [0, 0.05) is 6.04 Å². The lowest BCUT2D eigenvalue weighted by Gasteiger charge is -2.28. The quantitative estimate of drug-likeness (QED) is 0.611. The highest BCUT2D eigenvalue weighted by Gasteiger charge is 2.21. The van der Waals surface area contributed by atoms with Gasteiger partial charge in [-0.3, -0.25) is 0 Å². The maximum Gasteiger partial charge on any atom is 0.0943 e. The first-order chi connectivity index (χ1) is 11.2. The molecule has 3 nitrogen and oxygen atoms in total. The monoisotopic (exact) mass is 390 g/mol. The van der Waals surface area contributed by atoms with E-state index in [-0.39, 0.29) is 30.9 Å². The summed E-state index contributed by atoms with van der Waals surface area (Å²) in [7, 11) is 0. The standard InChI is InChI=1S/C20H34N2O.2ClH/c1-17(2)16-19(20(23)18-10-5-3-6-11-18)21-12-9-15-22-13-7-4-8-14-22;;/h3,5-6,10-11,17,19-21,23H,4,7-9,12-16H2,1-2H3;2*1H/t19-,20+;;/m0../s1. The minimum atomic E-state index is -0.423. The van der Waals surface area contributed by atoms with Crippen LogP contribution in [0.5, 0.6) is 0 Å². The van der Waals surface area contributed by atoms with Crippen molar-refractivity contribution in [1.82, 2.24) is 10.2 Å². The predicted octanol–water partition coefficient (Wildman–Crippen LogP) is 4.44. The Morgan fingerprint density at radius 1 is 1.04 bits per heavy atom. The highest BCUT2D eigenvalue weighted by atomic mass is 35.5. The van der Waals surface area contributed by atoms with Crippen molar-refractivity contribution in [2.24, 2.45) is 5.92 Å². The van der Waals surface area contributed by atoms with E-state index in [1.54, 1.807) is 0 Å². The smallest absolute Gasteiger partial charge is 0.0943 e. The molecule has 1 aliphatic heterocycles. The summed E-state index contributed by atoms with van der Waals surface area (Å²) in [5.74, 6) is 0.577. The molecule has 2 N–H and O–H groups in total. The molecule has 1 aromatic carbocycles. The van der Waals surface area contributed by atoms with E-state index in [2.05, 4.69) is 24.1 Å². The molecule has 5 heteroatoms. The number of likely N-dealkylation sites (tertiary alicyclic amines) is 1. The number of aliphatic hydroxyl groups excluding tert-OH is 1. The van der Waals surface area contributed by atoms with Gasteiger partial charge in [0.2, 0.25) is 0 Å². The molecule has 0 aromatic heterocycles. The summed E-state index contributed by atoms with van der Waals surface area (Å²) in [5, 5.41) is 14.3. The zero-order chi connectivity index (χ0) is 16.5. The van der Waals surface area contributed by atoms with E-state index in [0.717, 1.165) is 24.9 Å². The topological polar surface area (TPSA) is 35.5 Å². The molecule has 1 fully saturated rings. The van der Waals surface area contributed by atoms with Gasteiger partial charge < -0.3 is 15.3 Å². The van der Waals surface area contributed by atoms with Crippen LogP contribution in [0.25, 0.3) is 0 Å². The normalized spacial score (nSPS) is 17.4. The predicted molar refractivity (Wildman–Crippen MR) is 112 cm³/mol. The summed E-state index contributed by atoms with van der Waals surface area (Å²) in [6.45, 7) is 9.14. The second-order valence-corrected chi connectivity index (χ2v) is 7.30. The molecule has 2 rings (SSSR count). The van der Waals surface area contributed by atoms with Gasteiger partial charge in [-0.25, -0.2) is 0 Å². The van der Waals surface area contributed by atoms with Crippen LogP contribution in [0.4, 0.5) is 0 Å².